The fourth-order valence-corrected chi connectivity index (χ4v) is 2.71. The lowest BCUT2D eigenvalue weighted by molar-refractivity contribution is -0.384. The predicted octanol–water partition coefficient (Wildman–Crippen LogP) is 5.46. The molecule has 0 aliphatic carbocycles. The number of aromatic nitrogens is 2. The normalized spacial score (nSPS) is 10.9. The van der Waals surface area contributed by atoms with Crippen LogP contribution in [0.4, 0.5) is 5.69 Å². The lowest BCUT2D eigenvalue weighted by atomic mass is 10.2. The number of rotatable bonds is 13. The Morgan fingerprint density at radius 1 is 0.852 bits per heavy atom. The molecule has 2 rings (SSSR count). The van der Waals surface area contributed by atoms with Crippen LogP contribution in [-0.4, -0.2) is 28.1 Å². The van der Waals surface area contributed by atoms with E-state index in [1.165, 1.54) is 31.4 Å². The van der Waals surface area contributed by atoms with Gasteiger partial charge in [-0.15, -0.1) is 0 Å². The summed E-state index contributed by atoms with van der Waals surface area (Å²) in [4.78, 5) is 19.5. The third kappa shape index (κ3) is 6.66. The summed E-state index contributed by atoms with van der Waals surface area (Å²) in [5.74, 6) is 0.679. The van der Waals surface area contributed by atoms with Gasteiger partial charge in [-0.3, -0.25) is 10.1 Å². The van der Waals surface area contributed by atoms with Crippen molar-refractivity contribution in [3.8, 4) is 11.8 Å². The quantitative estimate of drug-likeness (QED) is 0.262. The van der Waals surface area contributed by atoms with Crippen LogP contribution >= 0.6 is 0 Å². The summed E-state index contributed by atoms with van der Waals surface area (Å²) >= 11 is 0. The Balaban J connectivity index is 2.14. The number of benzene rings is 1. The van der Waals surface area contributed by atoms with Crippen molar-refractivity contribution in [1.82, 2.24) is 9.97 Å². The van der Waals surface area contributed by atoms with Crippen LogP contribution in [0.25, 0.3) is 11.0 Å². The summed E-state index contributed by atoms with van der Waals surface area (Å²) in [5.41, 5.74) is 0.979. The first-order valence-corrected chi connectivity index (χ1v) is 9.87. The van der Waals surface area contributed by atoms with Crippen LogP contribution in [0.5, 0.6) is 11.8 Å². The molecule has 0 saturated heterocycles. The van der Waals surface area contributed by atoms with Gasteiger partial charge < -0.3 is 9.47 Å². The second-order valence-corrected chi connectivity index (χ2v) is 6.58. The molecule has 1 heterocycles. The third-order valence-corrected chi connectivity index (χ3v) is 4.27. The summed E-state index contributed by atoms with van der Waals surface area (Å²) < 4.78 is 11.6. The van der Waals surface area contributed by atoms with Gasteiger partial charge in [-0.05, 0) is 18.9 Å². The molecule has 0 aliphatic heterocycles. The van der Waals surface area contributed by atoms with Crippen molar-refractivity contribution in [3.63, 3.8) is 0 Å². The van der Waals surface area contributed by atoms with Crippen molar-refractivity contribution >= 4 is 16.7 Å². The summed E-state index contributed by atoms with van der Waals surface area (Å²) in [5, 5.41) is 11.0. The van der Waals surface area contributed by atoms with Crippen molar-refractivity contribution in [2.45, 2.75) is 65.2 Å². The maximum Gasteiger partial charge on any atom is 0.278 e. The molecule has 0 bridgehead atoms. The Morgan fingerprint density at radius 2 is 1.41 bits per heavy atom. The first-order valence-electron chi connectivity index (χ1n) is 9.87. The maximum absolute atomic E-state index is 11.0. The van der Waals surface area contributed by atoms with Gasteiger partial charge in [-0.2, -0.15) is 0 Å². The van der Waals surface area contributed by atoms with Gasteiger partial charge in [0.05, 0.1) is 29.2 Å². The summed E-state index contributed by atoms with van der Waals surface area (Å²) in [7, 11) is 0. The van der Waals surface area contributed by atoms with Gasteiger partial charge in [0, 0.05) is 12.1 Å². The van der Waals surface area contributed by atoms with E-state index in [1.54, 1.807) is 6.07 Å². The van der Waals surface area contributed by atoms with E-state index in [4.69, 9.17) is 9.47 Å². The summed E-state index contributed by atoms with van der Waals surface area (Å²) in [6.45, 7) is 5.41. The van der Waals surface area contributed by atoms with Gasteiger partial charge in [0.2, 0.25) is 0 Å². The number of ether oxygens (including phenoxy) is 2. The minimum absolute atomic E-state index is 0.0149. The Bertz CT molecular complexity index is 736. The largest absolute Gasteiger partial charge is 0.474 e. The van der Waals surface area contributed by atoms with E-state index in [1.807, 2.05) is 0 Å². The van der Waals surface area contributed by atoms with Crippen LogP contribution in [-0.2, 0) is 0 Å². The highest BCUT2D eigenvalue weighted by Gasteiger charge is 2.15. The Kier molecular flexibility index (Phi) is 8.74. The van der Waals surface area contributed by atoms with Crippen LogP contribution in [0, 0.1) is 10.1 Å². The van der Waals surface area contributed by atoms with Crippen LogP contribution in [0.2, 0.25) is 0 Å². The van der Waals surface area contributed by atoms with E-state index in [2.05, 4.69) is 23.8 Å². The molecule has 0 saturated carbocycles. The third-order valence-electron chi connectivity index (χ3n) is 4.27. The van der Waals surface area contributed by atoms with Crippen LogP contribution in [0.3, 0.4) is 0 Å². The zero-order chi connectivity index (χ0) is 19.5. The van der Waals surface area contributed by atoms with Gasteiger partial charge >= 0.3 is 0 Å². The zero-order valence-corrected chi connectivity index (χ0v) is 16.3. The first-order chi connectivity index (χ1) is 13.2. The number of nitrogens with zero attached hydrogens (tertiary/aromatic N) is 3. The van der Waals surface area contributed by atoms with Crippen LogP contribution < -0.4 is 9.47 Å². The van der Waals surface area contributed by atoms with Gasteiger partial charge in [0.1, 0.15) is 0 Å². The SMILES string of the molecule is CCCCCCOc1nc2ccc([N+](=O)[O-])cc2nc1OCCCCCC. The van der Waals surface area contributed by atoms with Gasteiger partial charge in [-0.25, -0.2) is 9.97 Å². The number of fused-ring (bicyclic) bond motifs is 1. The highest BCUT2D eigenvalue weighted by molar-refractivity contribution is 5.78. The molecule has 27 heavy (non-hydrogen) atoms. The number of nitro groups is 1. The van der Waals surface area contributed by atoms with E-state index in [9.17, 15) is 10.1 Å². The monoisotopic (exact) mass is 375 g/mol. The highest BCUT2D eigenvalue weighted by atomic mass is 16.6. The molecule has 0 radical (unpaired) electrons. The molecule has 148 valence electrons. The van der Waals surface area contributed by atoms with Crippen LogP contribution in [0.1, 0.15) is 65.2 Å². The molecule has 1 aromatic carbocycles. The smallest absolute Gasteiger partial charge is 0.278 e. The Labute approximate surface area is 160 Å². The molecular weight excluding hydrogens is 346 g/mol. The van der Waals surface area contributed by atoms with E-state index >= 15 is 0 Å². The van der Waals surface area contributed by atoms with E-state index < -0.39 is 4.92 Å². The molecule has 0 unspecified atom stereocenters. The van der Waals surface area contributed by atoms with Gasteiger partial charge in [0.25, 0.3) is 17.4 Å². The lowest BCUT2D eigenvalue weighted by Crippen LogP contribution is -2.06. The number of nitro benzene ring substituents is 1. The van der Waals surface area contributed by atoms with Crippen molar-refractivity contribution in [2.24, 2.45) is 0 Å². The minimum Gasteiger partial charge on any atom is -0.474 e. The summed E-state index contributed by atoms with van der Waals surface area (Å²) in [6.07, 6.45) is 8.75. The zero-order valence-electron chi connectivity index (χ0n) is 16.3. The molecule has 7 heteroatoms. The molecule has 0 fully saturated rings. The second kappa shape index (κ2) is 11.3. The fraction of sp³-hybridized carbons (Fsp3) is 0.600. The molecule has 1 aromatic heterocycles. The molecule has 0 aliphatic rings. The number of hydrogen-bond donors (Lipinski definition) is 0. The van der Waals surface area contributed by atoms with E-state index in [0.29, 0.717) is 36.0 Å². The Hall–Kier alpha value is -2.44. The average molecular weight is 375 g/mol. The van der Waals surface area contributed by atoms with Crippen molar-refractivity contribution in [2.75, 3.05) is 13.2 Å². The topological polar surface area (TPSA) is 87.4 Å². The van der Waals surface area contributed by atoms with Gasteiger partial charge in [-0.1, -0.05) is 52.4 Å². The van der Waals surface area contributed by atoms with Crippen molar-refractivity contribution in [3.05, 3.63) is 28.3 Å². The van der Waals surface area contributed by atoms with Crippen LogP contribution in [0.15, 0.2) is 18.2 Å². The molecule has 2 aromatic rings. The molecule has 0 N–H and O–H groups in total. The minimum atomic E-state index is -0.440. The van der Waals surface area contributed by atoms with E-state index in [-0.39, 0.29) is 5.69 Å². The molecule has 7 nitrogen and oxygen atoms in total. The lowest BCUT2D eigenvalue weighted by Gasteiger charge is -2.12. The molecule has 0 amide bonds. The molecule has 0 spiro atoms. The fourth-order valence-electron chi connectivity index (χ4n) is 2.71. The predicted molar refractivity (Wildman–Crippen MR) is 105 cm³/mol. The molecular formula is C20H29N3O4. The first kappa shape index (κ1) is 20.9. The highest BCUT2D eigenvalue weighted by Crippen LogP contribution is 2.28. The summed E-state index contributed by atoms with van der Waals surface area (Å²) in [6, 6.07) is 4.43. The average Bonchev–Trinajstić information content (AvgIpc) is 2.67. The van der Waals surface area contributed by atoms with Crippen molar-refractivity contribution in [1.29, 1.82) is 0 Å². The Morgan fingerprint density at radius 3 is 1.93 bits per heavy atom. The molecule has 0 atom stereocenters. The second-order valence-electron chi connectivity index (χ2n) is 6.58. The van der Waals surface area contributed by atoms with E-state index in [0.717, 1.165) is 32.1 Å². The standard InChI is InChI=1S/C20H29N3O4/c1-3-5-7-9-13-26-19-20(27-14-10-8-6-4-2)22-18-15-16(23(24)25)11-12-17(18)21-19/h11-12,15H,3-10,13-14H2,1-2H3. The number of non-ortho nitro benzene ring substituents is 1. The van der Waals surface area contributed by atoms with Crippen molar-refractivity contribution < 1.29 is 14.4 Å². The number of unbranched alkanes of at least 4 members (excludes halogenated alkanes) is 6. The van der Waals surface area contributed by atoms with Gasteiger partial charge in [0.15, 0.2) is 0 Å². The maximum atomic E-state index is 11.0. The number of hydrogen-bond acceptors (Lipinski definition) is 6.